The number of anilines is 1. The summed E-state index contributed by atoms with van der Waals surface area (Å²) in [5.41, 5.74) is 7.14. The van der Waals surface area contributed by atoms with Crippen molar-refractivity contribution in [2.45, 2.75) is 6.54 Å². The Morgan fingerprint density at radius 1 is 1.35 bits per heavy atom. The van der Waals surface area contributed by atoms with E-state index >= 15 is 0 Å². The summed E-state index contributed by atoms with van der Waals surface area (Å²) in [5, 5.41) is 6.90. The molecule has 0 unspecified atom stereocenters. The molecule has 0 aliphatic carbocycles. The number of nitrogens with one attached hydrogen (secondary N) is 1. The Morgan fingerprint density at radius 2 is 2.15 bits per heavy atom. The van der Waals surface area contributed by atoms with Crippen LogP contribution in [0.15, 0.2) is 42.7 Å². The summed E-state index contributed by atoms with van der Waals surface area (Å²) in [6.07, 6.45) is 3.65. The maximum absolute atomic E-state index is 11.5. The number of aromatic nitrogens is 2. The highest BCUT2D eigenvalue weighted by Gasteiger charge is 2.02. The Morgan fingerprint density at radius 3 is 2.80 bits per heavy atom. The van der Waals surface area contributed by atoms with E-state index in [1.54, 1.807) is 6.20 Å². The van der Waals surface area contributed by atoms with Crippen LogP contribution in [0.4, 0.5) is 5.69 Å². The normalized spacial score (nSPS) is 10.4. The maximum Gasteiger partial charge on any atom is 0.250 e. The van der Waals surface area contributed by atoms with Crippen LogP contribution in [-0.4, -0.2) is 35.4 Å². The van der Waals surface area contributed by atoms with Gasteiger partial charge in [-0.3, -0.25) is 9.48 Å². The highest BCUT2D eigenvalue weighted by Crippen LogP contribution is 2.10. The Balaban J connectivity index is 1.83. The first-order valence-corrected chi connectivity index (χ1v) is 6.42. The second-order valence-electron chi connectivity index (χ2n) is 4.29. The smallest absolute Gasteiger partial charge is 0.250 e. The van der Waals surface area contributed by atoms with Gasteiger partial charge in [-0.05, 0) is 23.8 Å². The average molecular weight is 274 g/mol. The minimum absolute atomic E-state index is 0.0201. The molecule has 1 aromatic carbocycles. The molecule has 1 heterocycles. The molecule has 0 fully saturated rings. The summed E-state index contributed by atoms with van der Waals surface area (Å²) < 4.78 is 6.90. The van der Waals surface area contributed by atoms with E-state index in [-0.39, 0.29) is 12.5 Å². The van der Waals surface area contributed by atoms with Crippen molar-refractivity contribution < 1.29 is 9.53 Å². The van der Waals surface area contributed by atoms with Gasteiger partial charge in [0.15, 0.2) is 0 Å². The molecule has 3 N–H and O–H groups in total. The summed E-state index contributed by atoms with van der Waals surface area (Å²) in [6, 6.07) is 9.52. The molecule has 6 nitrogen and oxygen atoms in total. The molecule has 0 radical (unpaired) electrons. The van der Waals surface area contributed by atoms with Gasteiger partial charge in [-0.25, -0.2) is 0 Å². The van der Waals surface area contributed by atoms with Crippen LogP contribution in [0.3, 0.4) is 0 Å². The molecule has 0 aliphatic rings. The van der Waals surface area contributed by atoms with Gasteiger partial charge in [0.2, 0.25) is 5.91 Å². The van der Waals surface area contributed by atoms with Gasteiger partial charge in [0.05, 0.1) is 13.2 Å². The van der Waals surface area contributed by atoms with Gasteiger partial charge in [0.25, 0.3) is 0 Å². The number of nitrogens with two attached hydrogens (primary N) is 1. The predicted octanol–water partition coefficient (Wildman–Crippen LogP) is 0.845. The van der Waals surface area contributed by atoms with Crippen molar-refractivity contribution in [2.75, 3.05) is 25.1 Å². The highest BCUT2D eigenvalue weighted by molar-refractivity contribution is 5.91. The van der Waals surface area contributed by atoms with E-state index in [0.717, 1.165) is 11.3 Å². The standard InChI is InChI=1S/C14H18N4O2/c15-6-9-20-11-14(19)17-13-4-2-12(3-5-13)10-18-8-1-7-16-18/h1-5,7-8H,6,9-11,15H2,(H,17,19). The average Bonchev–Trinajstić information content (AvgIpc) is 2.94. The number of rotatable bonds is 7. The van der Waals surface area contributed by atoms with Gasteiger partial charge in [-0.15, -0.1) is 0 Å². The quantitative estimate of drug-likeness (QED) is 0.733. The minimum Gasteiger partial charge on any atom is -0.370 e. The van der Waals surface area contributed by atoms with Crippen LogP contribution in [0, 0.1) is 0 Å². The number of nitrogens with zero attached hydrogens (tertiary/aromatic N) is 2. The molecule has 0 aliphatic heterocycles. The lowest BCUT2D eigenvalue weighted by Crippen LogP contribution is -2.20. The van der Waals surface area contributed by atoms with E-state index in [1.807, 2.05) is 41.2 Å². The molecule has 0 saturated heterocycles. The third-order valence-electron chi connectivity index (χ3n) is 2.64. The molecular formula is C14H18N4O2. The van der Waals surface area contributed by atoms with Crippen molar-refractivity contribution in [3.8, 4) is 0 Å². The fourth-order valence-electron chi connectivity index (χ4n) is 1.72. The number of carbonyl (C=O) groups is 1. The third kappa shape index (κ3) is 4.49. The van der Waals surface area contributed by atoms with E-state index in [9.17, 15) is 4.79 Å². The van der Waals surface area contributed by atoms with Crippen molar-refractivity contribution in [1.82, 2.24) is 9.78 Å². The predicted molar refractivity (Wildman–Crippen MR) is 76.3 cm³/mol. The van der Waals surface area contributed by atoms with Crippen molar-refractivity contribution in [3.63, 3.8) is 0 Å². The number of benzene rings is 1. The zero-order valence-electron chi connectivity index (χ0n) is 11.2. The molecule has 6 heteroatoms. The van der Waals surface area contributed by atoms with E-state index in [1.165, 1.54) is 0 Å². The fourth-order valence-corrected chi connectivity index (χ4v) is 1.72. The number of ether oxygens (including phenoxy) is 1. The zero-order chi connectivity index (χ0) is 14.2. The van der Waals surface area contributed by atoms with Gasteiger partial charge < -0.3 is 15.8 Å². The number of amides is 1. The summed E-state index contributed by atoms with van der Waals surface area (Å²) in [4.78, 5) is 11.5. The molecule has 0 bridgehead atoms. The lowest BCUT2D eigenvalue weighted by atomic mass is 10.2. The van der Waals surface area contributed by atoms with Crippen LogP contribution < -0.4 is 11.1 Å². The maximum atomic E-state index is 11.5. The van der Waals surface area contributed by atoms with Gasteiger partial charge in [-0.2, -0.15) is 5.10 Å². The van der Waals surface area contributed by atoms with E-state index in [0.29, 0.717) is 19.7 Å². The lowest BCUT2D eigenvalue weighted by Gasteiger charge is -2.07. The summed E-state index contributed by atoms with van der Waals surface area (Å²) >= 11 is 0. The van der Waals surface area contributed by atoms with Crippen LogP contribution in [0.1, 0.15) is 5.56 Å². The second kappa shape index (κ2) is 7.42. The molecule has 2 rings (SSSR count). The Kier molecular flexibility index (Phi) is 5.28. The molecular weight excluding hydrogens is 256 g/mol. The Labute approximate surface area is 117 Å². The fraction of sp³-hybridized carbons (Fsp3) is 0.286. The zero-order valence-corrected chi connectivity index (χ0v) is 11.2. The van der Waals surface area contributed by atoms with Crippen LogP contribution in [0.2, 0.25) is 0 Å². The molecule has 1 aromatic heterocycles. The van der Waals surface area contributed by atoms with Gasteiger partial charge in [-0.1, -0.05) is 12.1 Å². The van der Waals surface area contributed by atoms with Crippen molar-refractivity contribution in [2.24, 2.45) is 5.73 Å². The first-order chi connectivity index (χ1) is 9.78. The summed E-state index contributed by atoms with van der Waals surface area (Å²) in [5.74, 6) is -0.182. The Bertz CT molecular complexity index is 523. The SMILES string of the molecule is NCCOCC(=O)Nc1ccc(Cn2cccn2)cc1. The molecule has 1 amide bonds. The number of hydrogen-bond donors (Lipinski definition) is 2. The second-order valence-corrected chi connectivity index (χ2v) is 4.29. The molecule has 2 aromatic rings. The van der Waals surface area contributed by atoms with Crippen LogP contribution in [-0.2, 0) is 16.1 Å². The number of carbonyl (C=O) groups excluding carboxylic acids is 1. The van der Waals surface area contributed by atoms with Crippen molar-refractivity contribution >= 4 is 11.6 Å². The Hall–Kier alpha value is -2.18. The third-order valence-corrected chi connectivity index (χ3v) is 2.64. The highest BCUT2D eigenvalue weighted by atomic mass is 16.5. The van der Waals surface area contributed by atoms with Crippen molar-refractivity contribution in [1.29, 1.82) is 0 Å². The lowest BCUT2D eigenvalue weighted by molar-refractivity contribution is -0.120. The van der Waals surface area contributed by atoms with Gasteiger partial charge >= 0.3 is 0 Å². The monoisotopic (exact) mass is 274 g/mol. The molecule has 106 valence electrons. The van der Waals surface area contributed by atoms with Gasteiger partial charge in [0.1, 0.15) is 6.61 Å². The minimum atomic E-state index is -0.182. The first kappa shape index (κ1) is 14.2. The van der Waals surface area contributed by atoms with Crippen LogP contribution >= 0.6 is 0 Å². The van der Waals surface area contributed by atoms with Gasteiger partial charge in [0, 0.05) is 24.6 Å². The van der Waals surface area contributed by atoms with Crippen molar-refractivity contribution in [3.05, 3.63) is 48.3 Å². The van der Waals surface area contributed by atoms with E-state index < -0.39 is 0 Å². The first-order valence-electron chi connectivity index (χ1n) is 6.42. The topological polar surface area (TPSA) is 82.2 Å². The molecule has 0 atom stereocenters. The van der Waals surface area contributed by atoms with E-state index in [4.69, 9.17) is 10.5 Å². The summed E-state index contributed by atoms with van der Waals surface area (Å²) in [7, 11) is 0. The largest absolute Gasteiger partial charge is 0.370 e. The molecule has 0 spiro atoms. The molecule has 0 saturated carbocycles. The molecule has 20 heavy (non-hydrogen) atoms. The van der Waals surface area contributed by atoms with Crippen LogP contribution in [0.25, 0.3) is 0 Å². The van der Waals surface area contributed by atoms with E-state index in [2.05, 4.69) is 10.4 Å². The van der Waals surface area contributed by atoms with Crippen LogP contribution in [0.5, 0.6) is 0 Å². The number of hydrogen-bond acceptors (Lipinski definition) is 4. The summed E-state index contributed by atoms with van der Waals surface area (Å²) in [6.45, 7) is 1.53.